The molecular weight excluding hydrogens is 344 g/mol. The van der Waals surface area contributed by atoms with E-state index < -0.39 is 48.2 Å². The van der Waals surface area contributed by atoms with E-state index in [2.05, 4.69) is 10.6 Å². The van der Waals surface area contributed by atoms with Gasteiger partial charge in [-0.3, -0.25) is 0 Å². The molecule has 9 heteroatoms. The molecule has 0 aliphatic rings. The topological polar surface area (TPSA) is 137 Å². The Labute approximate surface area is 155 Å². The monoisotopic (exact) mass is 378 g/mol. The zero-order valence-corrected chi connectivity index (χ0v) is 16.5. The Balaban J connectivity index is 4.49. The van der Waals surface area contributed by atoms with Crippen LogP contribution in [0.3, 0.4) is 0 Å². The van der Waals surface area contributed by atoms with Crippen LogP contribution in [0.25, 0.3) is 0 Å². The van der Waals surface area contributed by atoms with Gasteiger partial charge in [-0.1, -0.05) is 0 Å². The van der Waals surface area contributed by atoms with Crippen LogP contribution in [-0.2, 0) is 9.47 Å². The minimum atomic E-state index is -1.08. The molecule has 0 fully saturated rings. The number of rotatable bonds is 8. The summed E-state index contributed by atoms with van der Waals surface area (Å²) < 4.78 is 10.2. The van der Waals surface area contributed by atoms with Gasteiger partial charge in [0.2, 0.25) is 0 Å². The van der Waals surface area contributed by atoms with Crippen molar-refractivity contribution in [2.75, 3.05) is 13.2 Å². The number of aliphatic hydroxyl groups is 3. The van der Waals surface area contributed by atoms with Crippen LogP contribution >= 0.6 is 0 Å². The Bertz CT molecular complexity index is 443. The van der Waals surface area contributed by atoms with Crippen LogP contribution in [0.15, 0.2) is 0 Å². The van der Waals surface area contributed by atoms with E-state index in [1.807, 2.05) is 0 Å². The first-order chi connectivity index (χ1) is 11.8. The number of amides is 2. The minimum absolute atomic E-state index is 0.127. The Hall–Kier alpha value is -1.58. The molecule has 0 aromatic heterocycles. The van der Waals surface area contributed by atoms with Gasteiger partial charge in [0, 0.05) is 0 Å². The number of hydrogen-bond donors (Lipinski definition) is 5. The molecule has 0 radical (unpaired) electrons. The van der Waals surface area contributed by atoms with E-state index in [1.54, 1.807) is 41.5 Å². The van der Waals surface area contributed by atoms with Crippen LogP contribution in [0.5, 0.6) is 0 Å². The maximum Gasteiger partial charge on any atom is 0.408 e. The van der Waals surface area contributed by atoms with Crippen molar-refractivity contribution < 1.29 is 34.4 Å². The lowest BCUT2D eigenvalue weighted by Gasteiger charge is -2.27. The van der Waals surface area contributed by atoms with Gasteiger partial charge in [-0.2, -0.15) is 0 Å². The number of carbonyl (C=O) groups is 2. The van der Waals surface area contributed by atoms with Crippen molar-refractivity contribution in [3.05, 3.63) is 0 Å². The van der Waals surface area contributed by atoms with Crippen molar-refractivity contribution in [2.45, 2.75) is 83.8 Å². The zero-order valence-electron chi connectivity index (χ0n) is 16.5. The number of ether oxygens (including phenoxy) is 2. The van der Waals surface area contributed by atoms with Gasteiger partial charge in [0.05, 0.1) is 31.4 Å². The second-order valence-electron chi connectivity index (χ2n) is 8.11. The van der Waals surface area contributed by atoms with Crippen molar-refractivity contribution in [3.8, 4) is 0 Å². The van der Waals surface area contributed by atoms with Gasteiger partial charge in [-0.05, 0) is 54.4 Å². The maximum absolute atomic E-state index is 11.7. The van der Waals surface area contributed by atoms with E-state index in [9.17, 15) is 24.9 Å². The molecule has 0 unspecified atom stereocenters. The Kier molecular flexibility index (Phi) is 9.90. The molecule has 0 aliphatic carbocycles. The van der Waals surface area contributed by atoms with Gasteiger partial charge >= 0.3 is 12.2 Å². The van der Waals surface area contributed by atoms with Gasteiger partial charge < -0.3 is 35.4 Å². The summed E-state index contributed by atoms with van der Waals surface area (Å²) in [6.45, 7) is 9.44. The highest BCUT2D eigenvalue weighted by Crippen LogP contribution is 2.11. The molecule has 0 aromatic carbocycles. The standard InChI is InChI=1S/C17H34N2O7/c1-16(2,3)25-14(23)18-11(9-20)7-8-13(22)12(10-21)19-15(24)26-17(4,5)6/h11-13,20-22H,7-10H2,1-6H3,(H,18,23)(H,19,24)/t11-,12-,13+/m1/s1. The summed E-state index contributed by atoms with van der Waals surface area (Å²) in [7, 11) is 0. The molecule has 2 amide bonds. The van der Waals surface area contributed by atoms with Crippen molar-refractivity contribution >= 4 is 12.2 Å². The highest BCUT2D eigenvalue weighted by atomic mass is 16.6. The fourth-order valence-electron chi connectivity index (χ4n) is 1.98. The predicted molar refractivity (Wildman–Crippen MR) is 95.7 cm³/mol. The van der Waals surface area contributed by atoms with Crippen molar-refractivity contribution in [2.24, 2.45) is 0 Å². The number of carbonyl (C=O) groups excluding carboxylic acids is 2. The Morgan fingerprint density at radius 3 is 1.69 bits per heavy atom. The van der Waals surface area contributed by atoms with Gasteiger partial charge in [0.1, 0.15) is 11.2 Å². The van der Waals surface area contributed by atoms with Crippen LogP contribution in [0, 0.1) is 0 Å². The molecule has 0 saturated heterocycles. The number of nitrogens with one attached hydrogen (secondary N) is 2. The summed E-state index contributed by atoms with van der Waals surface area (Å²) in [6, 6.07) is -1.55. The normalized spacial score (nSPS) is 15.6. The molecule has 26 heavy (non-hydrogen) atoms. The summed E-state index contributed by atoms with van der Waals surface area (Å²) in [4.78, 5) is 23.5. The average molecular weight is 378 g/mol. The SMILES string of the molecule is CC(C)(C)OC(=O)N[C@@H](CO)CC[C@H](O)[C@@H](CO)NC(=O)OC(C)(C)C. The van der Waals surface area contributed by atoms with Crippen molar-refractivity contribution in [1.29, 1.82) is 0 Å². The summed E-state index contributed by atoms with van der Waals surface area (Å²) >= 11 is 0. The minimum Gasteiger partial charge on any atom is -0.444 e. The average Bonchev–Trinajstić information content (AvgIpc) is 2.44. The lowest BCUT2D eigenvalue weighted by atomic mass is 10.0. The molecule has 0 spiro atoms. The fraction of sp³-hybridized carbons (Fsp3) is 0.882. The molecule has 0 aliphatic heterocycles. The van der Waals surface area contributed by atoms with Crippen LogP contribution in [0.4, 0.5) is 9.59 Å². The third-order valence-electron chi connectivity index (χ3n) is 3.12. The molecule has 0 heterocycles. The van der Waals surface area contributed by atoms with Gasteiger partial charge in [0.15, 0.2) is 0 Å². The third-order valence-corrected chi connectivity index (χ3v) is 3.12. The molecule has 154 valence electrons. The Morgan fingerprint density at radius 1 is 0.846 bits per heavy atom. The highest BCUT2D eigenvalue weighted by molar-refractivity contribution is 5.68. The van der Waals surface area contributed by atoms with E-state index >= 15 is 0 Å². The largest absolute Gasteiger partial charge is 0.444 e. The van der Waals surface area contributed by atoms with Crippen molar-refractivity contribution in [1.82, 2.24) is 10.6 Å². The van der Waals surface area contributed by atoms with E-state index in [1.165, 1.54) is 0 Å². The quantitative estimate of drug-likeness (QED) is 0.423. The fourth-order valence-corrected chi connectivity index (χ4v) is 1.98. The number of hydrogen-bond acceptors (Lipinski definition) is 7. The van der Waals surface area contributed by atoms with Gasteiger partial charge in [0.25, 0.3) is 0 Å². The van der Waals surface area contributed by atoms with Crippen LogP contribution < -0.4 is 10.6 Å². The van der Waals surface area contributed by atoms with Crippen LogP contribution in [0.2, 0.25) is 0 Å². The van der Waals surface area contributed by atoms with E-state index in [0.29, 0.717) is 0 Å². The molecule has 0 saturated carbocycles. The Morgan fingerprint density at radius 2 is 1.31 bits per heavy atom. The summed E-state index contributed by atoms with van der Waals surface area (Å²) in [5, 5.41) is 33.8. The van der Waals surface area contributed by atoms with Crippen LogP contribution in [-0.4, -0.2) is 70.1 Å². The molecule has 0 rings (SSSR count). The summed E-state index contributed by atoms with van der Waals surface area (Å²) in [6.07, 6.45) is -2.15. The van der Waals surface area contributed by atoms with E-state index in [4.69, 9.17) is 9.47 Å². The predicted octanol–water partition coefficient (Wildman–Crippen LogP) is 0.899. The maximum atomic E-state index is 11.7. The molecule has 3 atom stereocenters. The lowest BCUT2D eigenvalue weighted by Crippen LogP contribution is -2.48. The van der Waals surface area contributed by atoms with Gasteiger partial charge in [-0.25, -0.2) is 9.59 Å². The third kappa shape index (κ3) is 11.9. The second kappa shape index (κ2) is 10.5. The highest BCUT2D eigenvalue weighted by Gasteiger charge is 2.25. The summed E-state index contributed by atoms with van der Waals surface area (Å²) in [5.41, 5.74) is -1.36. The van der Waals surface area contributed by atoms with E-state index in [-0.39, 0.29) is 19.4 Å². The zero-order chi connectivity index (χ0) is 20.5. The smallest absolute Gasteiger partial charge is 0.408 e. The first kappa shape index (κ1) is 24.4. The van der Waals surface area contributed by atoms with Crippen molar-refractivity contribution in [3.63, 3.8) is 0 Å². The van der Waals surface area contributed by atoms with E-state index in [0.717, 1.165) is 0 Å². The molecule has 0 bridgehead atoms. The first-order valence-electron chi connectivity index (χ1n) is 8.66. The lowest BCUT2D eigenvalue weighted by molar-refractivity contribution is 0.0317. The molecule has 5 N–H and O–H groups in total. The molecule has 9 nitrogen and oxygen atoms in total. The van der Waals surface area contributed by atoms with Gasteiger partial charge in [-0.15, -0.1) is 0 Å². The number of alkyl carbamates (subject to hydrolysis) is 2. The summed E-state index contributed by atoms with van der Waals surface area (Å²) in [5.74, 6) is 0. The first-order valence-corrected chi connectivity index (χ1v) is 8.66. The molecule has 0 aromatic rings. The van der Waals surface area contributed by atoms with Crippen LogP contribution in [0.1, 0.15) is 54.4 Å². The number of aliphatic hydroxyl groups excluding tert-OH is 3. The second-order valence-corrected chi connectivity index (χ2v) is 8.11. The molecular formula is C17H34N2O7.